The van der Waals surface area contributed by atoms with Gasteiger partial charge in [-0.2, -0.15) is 0 Å². The van der Waals surface area contributed by atoms with Crippen molar-refractivity contribution in [3.05, 3.63) is 63.8 Å². The predicted octanol–water partition coefficient (Wildman–Crippen LogP) is 4.68. The highest BCUT2D eigenvalue weighted by Crippen LogP contribution is 2.38. The van der Waals surface area contributed by atoms with Crippen LogP contribution < -0.4 is 19.5 Å². The van der Waals surface area contributed by atoms with Gasteiger partial charge in [-0.05, 0) is 41.6 Å². The Balaban J connectivity index is 1.78. The van der Waals surface area contributed by atoms with E-state index in [0.29, 0.717) is 28.7 Å². The van der Waals surface area contributed by atoms with Gasteiger partial charge in [0.25, 0.3) is 5.91 Å². The molecule has 28 heavy (non-hydrogen) atoms. The minimum Gasteiger partial charge on any atom is -0.493 e. The lowest BCUT2D eigenvalue weighted by Gasteiger charge is -2.14. The fraction of sp³-hybridized carbons (Fsp3) is 0.227. The summed E-state index contributed by atoms with van der Waals surface area (Å²) in [7, 11) is 4.70. The van der Waals surface area contributed by atoms with Gasteiger partial charge in [-0.25, -0.2) is 0 Å². The first-order valence-electron chi connectivity index (χ1n) is 8.79. The molecule has 5 nitrogen and oxygen atoms in total. The van der Waals surface area contributed by atoms with Crippen molar-refractivity contribution in [2.75, 3.05) is 21.3 Å². The number of methoxy groups -OCH3 is 3. The molecule has 2 aromatic carbocycles. The van der Waals surface area contributed by atoms with Crippen molar-refractivity contribution in [1.29, 1.82) is 0 Å². The van der Waals surface area contributed by atoms with E-state index in [2.05, 4.69) is 5.32 Å². The Morgan fingerprint density at radius 2 is 1.61 bits per heavy atom. The van der Waals surface area contributed by atoms with Gasteiger partial charge in [-0.1, -0.05) is 29.8 Å². The Hall–Kier alpha value is -2.99. The summed E-state index contributed by atoms with van der Waals surface area (Å²) >= 11 is 1.43. The van der Waals surface area contributed by atoms with Crippen LogP contribution in [0.3, 0.4) is 0 Å². The summed E-state index contributed by atoms with van der Waals surface area (Å²) in [5.74, 6) is 1.53. The van der Waals surface area contributed by atoms with Crippen LogP contribution >= 0.6 is 11.3 Å². The summed E-state index contributed by atoms with van der Waals surface area (Å²) in [6.45, 7) is 2.39. The maximum absolute atomic E-state index is 12.8. The number of hydrogen-bond acceptors (Lipinski definition) is 5. The molecule has 0 unspecified atom stereocenters. The molecule has 3 rings (SSSR count). The molecular weight excluding hydrogens is 374 g/mol. The van der Waals surface area contributed by atoms with Crippen molar-refractivity contribution >= 4 is 17.2 Å². The van der Waals surface area contributed by atoms with Gasteiger partial charge in [-0.3, -0.25) is 4.79 Å². The van der Waals surface area contributed by atoms with Crippen LogP contribution in [0, 0.1) is 6.92 Å². The normalized spacial score (nSPS) is 10.4. The van der Waals surface area contributed by atoms with Crippen LogP contribution in [0.25, 0.3) is 11.1 Å². The molecule has 0 aliphatic heterocycles. The van der Waals surface area contributed by atoms with E-state index >= 15 is 0 Å². The topological polar surface area (TPSA) is 56.8 Å². The summed E-state index contributed by atoms with van der Waals surface area (Å²) in [4.78, 5) is 13.5. The Bertz CT molecular complexity index is 938. The van der Waals surface area contributed by atoms with E-state index in [0.717, 1.165) is 16.7 Å². The van der Waals surface area contributed by atoms with Crippen molar-refractivity contribution in [2.45, 2.75) is 13.5 Å². The summed E-state index contributed by atoms with van der Waals surface area (Å²) in [5.41, 5.74) is 4.01. The first-order chi connectivity index (χ1) is 13.6. The quantitative estimate of drug-likeness (QED) is 0.629. The molecule has 0 spiro atoms. The van der Waals surface area contributed by atoms with Crippen molar-refractivity contribution in [3.8, 4) is 28.4 Å². The van der Waals surface area contributed by atoms with Crippen LogP contribution in [-0.2, 0) is 6.54 Å². The summed E-state index contributed by atoms with van der Waals surface area (Å²) in [5, 5.41) is 4.92. The molecule has 3 aromatic rings. The second-order valence-corrected chi connectivity index (χ2v) is 7.16. The van der Waals surface area contributed by atoms with Gasteiger partial charge in [0.1, 0.15) is 0 Å². The average Bonchev–Trinajstić information content (AvgIpc) is 3.21. The van der Waals surface area contributed by atoms with E-state index in [1.165, 1.54) is 16.9 Å². The second kappa shape index (κ2) is 8.80. The number of nitrogens with one attached hydrogen (secondary N) is 1. The van der Waals surface area contributed by atoms with Crippen LogP contribution in [0.2, 0.25) is 0 Å². The number of carbonyl (C=O) groups excluding carboxylic acids is 1. The second-order valence-electron chi connectivity index (χ2n) is 6.25. The van der Waals surface area contributed by atoms with Gasteiger partial charge in [0.2, 0.25) is 5.75 Å². The molecule has 1 N–H and O–H groups in total. The third kappa shape index (κ3) is 4.12. The maximum atomic E-state index is 12.8. The van der Waals surface area contributed by atoms with Crippen molar-refractivity contribution < 1.29 is 19.0 Å². The van der Waals surface area contributed by atoms with Crippen molar-refractivity contribution in [1.82, 2.24) is 5.32 Å². The monoisotopic (exact) mass is 397 g/mol. The lowest BCUT2D eigenvalue weighted by atomic mass is 10.0. The van der Waals surface area contributed by atoms with E-state index < -0.39 is 0 Å². The zero-order valence-corrected chi connectivity index (χ0v) is 17.2. The van der Waals surface area contributed by atoms with Crippen LogP contribution in [0.5, 0.6) is 17.2 Å². The molecule has 0 aliphatic carbocycles. The maximum Gasteiger partial charge on any atom is 0.262 e. The van der Waals surface area contributed by atoms with Crippen LogP contribution in [0.1, 0.15) is 20.8 Å². The number of hydrogen-bond donors (Lipinski definition) is 1. The molecule has 146 valence electrons. The van der Waals surface area contributed by atoms with Gasteiger partial charge in [-0.15, -0.1) is 11.3 Å². The highest BCUT2D eigenvalue weighted by atomic mass is 32.1. The van der Waals surface area contributed by atoms with Crippen molar-refractivity contribution in [2.24, 2.45) is 0 Å². The summed E-state index contributed by atoms with van der Waals surface area (Å²) < 4.78 is 16.1. The molecule has 1 amide bonds. The summed E-state index contributed by atoms with van der Waals surface area (Å²) in [6.07, 6.45) is 0. The van der Waals surface area contributed by atoms with Crippen LogP contribution in [0.15, 0.2) is 47.8 Å². The molecule has 0 saturated heterocycles. The SMILES string of the molecule is COc1cc(CNC(=O)c2sccc2-c2ccc(C)cc2)cc(OC)c1OC. The van der Waals surface area contributed by atoms with Gasteiger partial charge in [0.05, 0.1) is 26.2 Å². The number of ether oxygens (including phenoxy) is 3. The standard InChI is InChI=1S/C22H23NO4S/c1-14-5-7-16(8-6-14)17-9-10-28-21(17)22(24)23-13-15-11-18(25-2)20(27-4)19(12-15)26-3/h5-12H,13H2,1-4H3,(H,23,24). The number of rotatable bonds is 7. The Labute approximate surface area is 168 Å². The lowest BCUT2D eigenvalue weighted by molar-refractivity contribution is 0.0955. The first kappa shape index (κ1) is 19.8. The molecule has 0 fully saturated rings. The van der Waals surface area contributed by atoms with Gasteiger partial charge in [0.15, 0.2) is 11.5 Å². The average molecular weight is 397 g/mol. The molecule has 0 radical (unpaired) electrons. The number of aryl methyl sites for hydroxylation is 1. The zero-order chi connectivity index (χ0) is 20.1. The van der Waals surface area contributed by atoms with Gasteiger partial charge >= 0.3 is 0 Å². The van der Waals surface area contributed by atoms with E-state index in [-0.39, 0.29) is 5.91 Å². The highest BCUT2D eigenvalue weighted by molar-refractivity contribution is 7.12. The number of thiophene rings is 1. The van der Waals surface area contributed by atoms with Gasteiger partial charge in [0, 0.05) is 12.1 Å². The Morgan fingerprint density at radius 1 is 0.964 bits per heavy atom. The number of benzene rings is 2. The van der Waals surface area contributed by atoms with Crippen LogP contribution in [0.4, 0.5) is 0 Å². The molecular formula is C22H23NO4S. The number of carbonyl (C=O) groups is 1. The van der Waals surface area contributed by atoms with Gasteiger partial charge < -0.3 is 19.5 Å². The highest BCUT2D eigenvalue weighted by Gasteiger charge is 2.16. The van der Waals surface area contributed by atoms with Crippen molar-refractivity contribution in [3.63, 3.8) is 0 Å². The molecule has 0 bridgehead atoms. The summed E-state index contributed by atoms with van der Waals surface area (Å²) in [6, 6.07) is 13.8. The minimum absolute atomic E-state index is 0.112. The predicted molar refractivity (Wildman–Crippen MR) is 112 cm³/mol. The Kier molecular flexibility index (Phi) is 6.21. The van der Waals surface area contributed by atoms with E-state index in [1.807, 2.05) is 54.8 Å². The minimum atomic E-state index is -0.112. The molecule has 0 aliphatic rings. The third-order valence-electron chi connectivity index (χ3n) is 4.41. The molecule has 1 heterocycles. The fourth-order valence-electron chi connectivity index (χ4n) is 2.95. The molecule has 0 atom stereocenters. The largest absolute Gasteiger partial charge is 0.493 e. The fourth-order valence-corrected chi connectivity index (χ4v) is 3.78. The smallest absolute Gasteiger partial charge is 0.262 e. The molecule has 1 aromatic heterocycles. The first-order valence-corrected chi connectivity index (χ1v) is 9.67. The Morgan fingerprint density at radius 3 is 2.18 bits per heavy atom. The molecule has 0 saturated carbocycles. The number of amides is 1. The third-order valence-corrected chi connectivity index (χ3v) is 5.32. The molecule has 6 heteroatoms. The van der Waals surface area contributed by atoms with Crippen LogP contribution in [-0.4, -0.2) is 27.2 Å². The zero-order valence-electron chi connectivity index (χ0n) is 16.4. The van der Waals surface area contributed by atoms with E-state index in [1.54, 1.807) is 21.3 Å². The lowest BCUT2D eigenvalue weighted by Crippen LogP contribution is -2.22. The van der Waals surface area contributed by atoms with E-state index in [4.69, 9.17) is 14.2 Å². The van der Waals surface area contributed by atoms with E-state index in [9.17, 15) is 4.79 Å².